The maximum atomic E-state index is 10.5. The Morgan fingerprint density at radius 3 is 2.64 bits per heavy atom. The van der Waals surface area contributed by atoms with Crippen LogP contribution in [-0.4, -0.2) is 16.2 Å². The summed E-state index contributed by atoms with van der Waals surface area (Å²) in [5.74, 6) is -1.29. The van der Waals surface area contributed by atoms with Crippen LogP contribution in [-0.2, 0) is 0 Å². The van der Waals surface area contributed by atoms with Gasteiger partial charge in [0.2, 0.25) is 5.76 Å². The zero-order valence-corrected chi connectivity index (χ0v) is 6.52. The lowest BCUT2D eigenvalue weighted by Crippen LogP contribution is -1.91. The van der Waals surface area contributed by atoms with Crippen molar-refractivity contribution in [1.82, 2.24) is 0 Å². The molecule has 0 spiro atoms. The summed E-state index contributed by atoms with van der Waals surface area (Å²) in [5, 5.41) is 18.3. The van der Waals surface area contributed by atoms with Gasteiger partial charge in [-0.2, -0.15) is 0 Å². The van der Waals surface area contributed by atoms with E-state index < -0.39 is 5.97 Å². The molecule has 1 heterocycles. The van der Waals surface area contributed by atoms with Crippen LogP contribution in [0.3, 0.4) is 0 Å². The van der Waals surface area contributed by atoms with Crippen LogP contribution in [0.5, 0.6) is 5.75 Å². The molecule has 1 aromatic heterocycles. The van der Waals surface area contributed by atoms with Crippen LogP contribution < -0.4 is 0 Å². The molecule has 1 aromatic carbocycles. The molecule has 0 saturated heterocycles. The van der Waals surface area contributed by atoms with E-state index in [1.165, 1.54) is 12.1 Å². The number of carbonyl (C=O) groups is 1. The van der Waals surface area contributed by atoms with Crippen molar-refractivity contribution in [3.05, 3.63) is 30.0 Å². The minimum atomic E-state index is -1.14. The Morgan fingerprint density at radius 2 is 2.07 bits per heavy atom. The Morgan fingerprint density at radius 1 is 1.36 bits per heavy atom. The van der Waals surface area contributed by atoms with Gasteiger partial charge in [0.1, 0.15) is 11.3 Å². The number of hydrogen-bond acceptors (Lipinski definition) is 3. The molecule has 4 heteroatoms. The molecular weight excluding hydrogens is 184 g/mol. The van der Waals surface area contributed by atoms with Crippen LogP contribution >= 0.6 is 0 Å². The van der Waals surface area contributed by atoms with Crippen molar-refractivity contribution in [3.63, 3.8) is 0 Å². The first kappa shape index (κ1) is 10.1. The number of aromatic hydroxyl groups is 1. The summed E-state index contributed by atoms with van der Waals surface area (Å²) >= 11 is 0. The summed E-state index contributed by atoms with van der Waals surface area (Å²) in [5.41, 5.74) is 0.373. The minimum Gasteiger partial charge on any atom is -0.507 e. The molecule has 0 aliphatic carbocycles. The predicted octanol–water partition coefficient (Wildman–Crippen LogP) is 2.47. The molecule has 0 aliphatic rings. The van der Waals surface area contributed by atoms with Crippen molar-refractivity contribution in [2.24, 2.45) is 0 Å². The summed E-state index contributed by atoms with van der Waals surface area (Å²) in [6.45, 7) is 0. The molecule has 0 aliphatic heterocycles. The van der Waals surface area contributed by atoms with Crippen LogP contribution in [0.4, 0.5) is 0 Å². The molecule has 0 bridgehead atoms. The molecular formula is C10H10O4. The largest absolute Gasteiger partial charge is 0.507 e. The zero-order chi connectivity index (χ0) is 9.42. The average Bonchev–Trinajstić information content (AvgIpc) is 2.49. The number of rotatable bonds is 1. The van der Waals surface area contributed by atoms with Gasteiger partial charge in [0, 0.05) is 6.07 Å². The van der Waals surface area contributed by atoms with E-state index in [1.54, 1.807) is 12.1 Å². The molecule has 0 unspecified atom stereocenters. The highest BCUT2D eigenvalue weighted by molar-refractivity contribution is 5.93. The van der Waals surface area contributed by atoms with Gasteiger partial charge in [-0.15, -0.1) is 0 Å². The number of fused-ring (bicyclic) bond motifs is 1. The van der Waals surface area contributed by atoms with Gasteiger partial charge < -0.3 is 14.6 Å². The lowest BCUT2D eigenvalue weighted by atomic mass is 10.2. The third-order valence-corrected chi connectivity index (χ3v) is 1.75. The zero-order valence-electron chi connectivity index (χ0n) is 6.52. The summed E-state index contributed by atoms with van der Waals surface area (Å²) in [7, 11) is 0. The van der Waals surface area contributed by atoms with E-state index in [2.05, 4.69) is 0 Å². The van der Waals surface area contributed by atoms with Crippen LogP contribution in [0.25, 0.3) is 11.0 Å². The molecule has 0 radical (unpaired) electrons. The fourth-order valence-corrected chi connectivity index (χ4v) is 1.15. The third-order valence-electron chi connectivity index (χ3n) is 1.75. The second-order valence-electron chi connectivity index (χ2n) is 2.60. The molecule has 2 N–H and O–H groups in total. The number of phenols is 1. The van der Waals surface area contributed by atoms with Crippen molar-refractivity contribution in [1.29, 1.82) is 0 Å². The molecule has 2 rings (SSSR count). The van der Waals surface area contributed by atoms with Crippen molar-refractivity contribution in [2.45, 2.75) is 7.43 Å². The van der Waals surface area contributed by atoms with Gasteiger partial charge in [-0.25, -0.2) is 4.79 Å². The summed E-state index contributed by atoms with van der Waals surface area (Å²) in [4.78, 5) is 10.5. The first-order chi connectivity index (χ1) is 6.18. The van der Waals surface area contributed by atoms with Crippen molar-refractivity contribution in [3.8, 4) is 5.75 Å². The third kappa shape index (κ3) is 1.42. The second kappa shape index (κ2) is 3.41. The summed E-state index contributed by atoms with van der Waals surface area (Å²) < 4.78 is 4.95. The molecule has 4 nitrogen and oxygen atoms in total. The average molecular weight is 194 g/mol. The van der Waals surface area contributed by atoms with E-state index >= 15 is 0 Å². The van der Waals surface area contributed by atoms with E-state index in [9.17, 15) is 9.90 Å². The SMILES string of the molecule is C.O=C(O)c1cc2c(O)cccc2o1. The predicted molar refractivity (Wildman–Crippen MR) is 51.6 cm³/mol. The highest BCUT2D eigenvalue weighted by Gasteiger charge is 2.11. The number of furan rings is 1. The summed E-state index contributed by atoms with van der Waals surface area (Å²) in [6.07, 6.45) is 0. The number of benzene rings is 1. The summed E-state index contributed by atoms with van der Waals surface area (Å²) in [6, 6.07) is 5.96. The van der Waals surface area contributed by atoms with Gasteiger partial charge in [0.05, 0.1) is 5.39 Å². The lowest BCUT2D eigenvalue weighted by molar-refractivity contribution is 0.0665. The van der Waals surface area contributed by atoms with Crippen LogP contribution in [0.15, 0.2) is 28.7 Å². The Bertz CT molecular complexity index is 470. The minimum absolute atomic E-state index is 0. The molecule has 74 valence electrons. The van der Waals surface area contributed by atoms with Gasteiger partial charge in [-0.1, -0.05) is 13.5 Å². The van der Waals surface area contributed by atoms with Crippen molar-refractivity contribution in [2.75, 3.05) is 0 Å². The molecule has 0 amide bonds. The van der Waals surface area contributed by atoms with E-state index in [1.807, 2.05) is 0 Å². The standard InChI is InChI=1S/C9H6O4.CH4/c10-6-2-1-3-7-5(6)4-8(13-7)9(11)12;/h1-4,10H,(H,11,12);1H4. The molecule has 0 saturated carbocycles. The number of carboxylic acid groups (broad SMARTS) is 1. The first-order valence-corrected chi connectivity index (χ1v) is 3.63. The van der Waals surface area contributed by atoms with Gasteiger partial charge >= 0.3 is 5.97 Å². The van der Waals surface area contributed by atoms with E-state index in [0.717, 1.165) is 0 Å². The molecule has 14 heavy (non-hydrogen) atoms. The first-order valence-electron chi connectivity index (χ1n) is 3.63. The van der Waals surface area contributed by atoms with Crippen LogP contribution in [0.2, 0.25) is 0 Å². The van der Waals surface area contributed by atoms with Crippen LogP contribution in [0, 0.1) is 0 Å². The number of aromatic carboxylic acids is 1. The van der Waals surface area contributed by atoms with Gasteiger partial charge in [-0.3, -0.25) is 0 Å². The smallest absolute Gasteiger partial charge is 0.371 e. The quantitative estimate of drug-likeness (QED) is 0.731. The van der Waals surface area contributed by atoms with Gasteiger partial charge in [0.15, 0.2) is 0 Å². The van der Waals surface area contributed by atoms with Gasteiger partial charge in [0.25, 0.3) is 0 Å². The Balaban J connectivity index is 0.000000980. The Hall–Kier alpha value is -1.97. The highest BCUT2D eigenvalue weighted by atomic mass is 16.4. The fourth-order valence-electron chi connectivity index (χ4n) is 1.15. The normalized spacial score (nSPS) is 9.71. The second-order valence-corrected chi connectivity index (χ2v) is 2.60. The van der Waals surface area contributed by atoms with Crippen molar-refractivity contribution < 1.29 is 19.4 Å². The van der Waals surface area contributed by atoms with E-state index in [-0.39, 0.29) is 18.9 Å². The number of hydrogen-bond donors (Lipinski definition) is 2. The molecule has 0 fully saturated rings. The Labute approximate surface area is 80.4 Å². The highest BCUT2D eigenvalue weighted by Crippen LogP contribution is 2.27. The number of phenolic OH excluding ortho intramolecular Hbond substituents is 1. The Kier molecular flexibility index (Phi) is 2.47. The maximum absolute atomic E-state index is 10.5. The fraction of sp³-hybridized carbons (Fsp3) is 0.100. The molecule has 2 aromatic rings. The van der Waals surface area contributed by atoms with Gasteiger partial charge in [-0.05, 0) is 12.1 Å². The molecule has 0 atom stereocenters. The maximum Gasteiger partial charge on any atom is 0.371 e. The number of carboxylic acids is 1. The lowest BCUT2D eigenvalue weighted by Gasteiger charge is -1.89. The van der Waals surface area contributed by atoms with Crippen molar-refractivity contribution >= 4 is 16.9 Å². The monoisotopic (exact) mass is 194 g/mol. The van der Waals surface area contributed by atoms with Crippen LogP contribution in [0.1, 0.15) is 18.0 Å². The van der Waals surface area contributed by atoms with E-state index in [0.29, 0.717) is 11.0 Å². The topological polar surface area (TPSA) is 70.7 Å². The van der Waals surface area contributed by atoms with E-state index in [4.69, 9.17) is 9.52 Å².